The van der Waals surface area contributed by atoms with Crippen LogP contribution >= 0.6 is 0 Å². The number of anilines is 2. The number of nitrogens with one attached hydrogen (secondary N) is 1. The summed E-state index contributed by atoms with van der Waals surface area (Å²) in [5.41, 5.74) is 2.42. The molecule has 4 heterocycles. The Balaban J connectivity index is 1.36. The quantitative estimate of drug-likeness (QED) is 0.389. The first-order valence-electron chi connectivity index (χ1n) is 13.7. The van der Waals surface area contributed by atoms with Crippen molar-refractivity contribution in [2.45, 2.75) is 32.4 Å². The first kappa shape index (κ1) is 26.4. The molecule has 40 heavy (non-hydrogen) atoms. The fraction of sp³-hybridized carbons (Fsp3) is 0.448. The molecule has 4 aromatic rings. The van der Waals surface area contributed by atoms with Gasteiger partial charge in [-0.2, -0.15) is 10.1 Å². The molecule has 6 rings (SSSR count). The molecular weight excluding hydrogens is 513 g/mol. The van der Waals surface area contributed by atoms with Crippen LogP contribution in [0.15, 0.2) is 36.7 Å². The van der Waals surface area contributed by atoms with Crippen LogP contribution in [0.4, 0.5) is 15.8 Å². The molecule has 1 amide bonds. The van der Waals surface area contributed by atoms with Crippen LogP contribution in [0.3, 0.4) is 0 Å². The average molecular weight is 548 g/mol. The van der Waals surface area contributed by atoms with E-state index in [0.717, 1.165) is 37.2 Å². The van der Waals surface area contributed by atoms with E-state index in [1.807, 2.05) is 6.07 Å². The van der Waals surface area contributed by atoms with Gasteiger partial charge in [-0.1, -0.05) is 0 Å². The number of benzene rings is 2. The fourth-order valence-electron chi connectivity index (χ4n) is 5.61. The summed E-state index contributed by atoms with van der Waals surface area (Å²) in [5.74, 6) is -0.604. The van der Waals surface area contributed by atoms with Crippen LogP contribution in [0.1, 0.15) is 30.6 Å². The number of piperazine rings is 1. The lowest BCUT2D eigenvalue weighted by molar-refractivity contribution is 0.102. The minimum Gasteiger partial charge on any atom is -0.463 e. The van der Waals surface area contributed by atoms with E-state index >= 15 is 0 Å². The van der Waals surface area contributed by atoms with Gasteiger partial charge >= 0.3 is 6.01 Å². The number of rotatable bonds is 6. The normalized spacial score (nSPS) is 21.8. The number of hydrogen-bond acceptors (Lipinski definition) is 8. The summed E-state index contributed by atoms with van der Waals surface area (Å²) in [6.07, 6.45) is 4.38. The monoisotopic (exact) mass is 547 g/mol. The van der Waals surface area contributed by atoms with E-state index in [1.165, 1.54) is 6.07 Å². The number of hydrogen-bond donors (Lipinski definition) is 1. The highest BCUT2D eigenvalue weighted by molar-refractivity contribution is 6.14. The predicted octanol–water partition coefficient (Wildman–Crippen LogP) is 3.85. The zero-order chi connectivity index (χ0) is 28.0. The van der Waals surface area contributed by atoms with Crippen LogP contribution in [0.5, 0.6) is 6.01 Å². The van der Waals surface area contributed by atoms with Gasteiger partial charge in [0, 0.05) is 79.3 Å². The second kappa shape index (κ2) is 10.6. The highest BCUT2D eigenvalue weighted by Crippen LogP contribution is 2.32. The van der Waals surface area contributed by atoms with E-state index in [9.17, 15) is 9.18 Å². The molecule has 2 aliphatic heterocycles. The number of halogens is 1. The maximum absolute atomic E-state index is 14.7. The summed E-state index contributed by atoms with van der Waals surface area (Å²) in [6, 6.07) is 7.65. The van der Waals surface area contributed by atoms with Gasteiger partial charge in [0.15, 0.2) is 5.82 Å². The third-order valence-electron chi connectivity index (χ3n) is 8.06. The molecule has 3 atom stereocenters. The number of carbonyl (C=O) groups excluding carboxylic acids is 1. The third kappa shape index (κ3) is 5.06. The standard InChI is InChI=1S/C29H34FN7O3/c1-17-12-37(13-18(2)36(17)4)25-6-5-22(27-23(25)11-31-29(33-27)40-16-19-7-8-39-15-19)28(38)32-21-9-20-14-35(3)34-26(20)24(30)10-21/h5-6,9-11,14,17-19H,7-8,12-13,15-16H2,1-4H3,(H,32,38)/t17-,18-,19+/m1/s1. The van der Waals surface area contributed by atoms with Gasteiger partial charge in [0.05, 0.1) is 24.3 Å². The average Bonchev–Trinajstić information content (AvgIpc) is 3.59. The molecule has 0 bridgehead atoms. The van der Waals surface area contributed by atoms with Gasteiger partial charge in [-0.05, 0) is 51.6 Å². The molecule has 0 unspecified atom stereocenters. The Morgan fingerprint density at radius 2 is 1.98 bits per heavy atom. The first-order chi connectivity index (χ1) is 19.3. The molecule has 2 aliphatic rings. The van der Waals surface area contributed by atoms with Gasteiger partial charge in [0.2, 0.25) is 0 Å². The lowest BCUT2D eigenvalue weighted by Gasteiger charge is -2.43. The summed E-state index contributed by atoms with van der Waals surface area (Å²) in [7, 11) is 3.87. The molecule has 0 saturated carbocycles. The lowest BCUT2D eigenvalue weighted by atomic mass is 10.0. The van der Waals surface area contributed by atoms with Gasteiger partial charge < -0.3 is 19.7 Å². The van der Waals surface area contributed by atoms with Crippen molar-refractivity contribution >= 4 is 39.1 Å². The Morgan fingerprint density at radius 1 is 1.18 bits per heavy atom. The van der Waals surface area contributed by atoms with Crippen molar-refractivity contribution in [2.75, 3.05) is 50.2 Å². The topological polar surface area (TPSA) is 97.6 Å². The molecule has 2 saturated heterocycles. The van der Waals surface area contributed by atoms with Crippen molar-refractivity contribution < 1.29 is 18.7 Å². The van der Waals surface area contributed by atoms with Crippen LogP contribution in [-0.2, 0) is 11.8 Å². The number of aryl methyl sites for hydroxylation is 1. The highest BCUT2D eigenvalue weighted by atomic mass is 19.1. The number of nitrogens with zero attached hydrogens (tertiary/aromatic N) is 6. The van der Waals surface area contributed by atoms with Crippen molar-refractivity contribution in [3.8, 4) is 6.01 Å². The number of fused-ring (bicyclic) bond motifs is 2. The number of ether oxygens (including phenoxy) is 2. The third-order valence-corrected chi connectivity index (χ3v) is 8.06. The maximum Gasteiger partial charge on any atom is 0.316 e. The van der Waals surface area contributed by atoms with E-state index < -0.39 is 11.7 Å². The number of aromatic nitrogens is 4. The van der Waals surface area contributed by atoms with E-state index in [0.29, 0.717) is 53.4 Å². The maximum atomic E-state index is 14.7. The van der Waals surface area contributed by atoms with Crippen LogP contribution < -0.4 is 15.0 Å². The molecule has 2 aromatic carbocycles. The predicted molar refractivity (Wildman–Crippen MR) is 151 cm³/mol. The minimum atomic E-state index is -0.499. The Bertz CT molecular complexity index is 1560. The fourth-order valence-corrected chi connectivity index (χ4v) is 5.61. The van der Waals surface area contributed by atoms with Crippen molar-refractivity contribution in [2.24, 2.45) is 13.0 Å². The molecule has 11 heteroatoms. The Hall–Kier alpha value is -3.83. The second-order valence-corrected chi connectivity index (χ2v) is 11.0. The van der Waals surface area contributed by atoms with Gasteiger partial charge in [-0.3, -0.25) is 14.4 Å². The summed E-state index contributed by atoms with van der Waals surface area (Å²) in [6.45, 7) is 7.93. The zero-order valence-electron chi connectivity index (χ0n) is 23.2. The van der Waals surface area contributed by atoms with E-state index in [-0.39, 0.29) is 11.5 Å². The van der Waals surface area contributed by atoms with Crippen molar-refractivity contribution in [1.82, 2.24) is 24.6 Å². The molecule has 0 spiro atoms. The summed E-state index contributed by atoms with van der Waals surface area (Å²) in [4.78, 5) is 27.5. The molecule has 0 aliphatic carbocycles. The first-order valence-corrected chi connectivity index (χ1v) is 13.7. The number of carbonyl (C=O) groups is 1. The van der Waals surface area contributed by atoms with Crippen LogP contribution in [0.2, 0.25) is 0 Å². The molecule has 2 aromatic heterocycles. The molecule has 1 N–H and O–H groups in total. The molecule has 0 radical (unpaired) electrons. The largest absolute Gasteiger partial charge is 0.463 e. The highest BCUT2D eigenvalue weighted by Gasteiger charge is 2.29. The van der Waals surface area contributed by atoms with Crippen molar-refractivity contribution in [3.63, 3.8) is 0 Å². The smallest absolute Gasteiger partial charge is 0.316 e. The van der Waals surface area contributed by atoms with E-state index in [2.05, 4.69) is 46.1 Å². The van der Waals surface area contributed by atoms with Crippen LogP contribution in [-0.4, -0.2) is 82.6 Å². The summed E-state index contributed by atoms with van der Waals surface area (Å²) < 4.78 is 27.6. The molecule has 210 valence electrons. The number of likely N-dealkylation sites (N-methyl/N-ethyl adjacent to an activating group) is 1. The SMILES string of the molecule is C[C@@H]1CN(c2ccc(C(=O)Nc3cc(F)c4nn(C)cc4c3)c3nc(OC[C@H]4CCOC4)ncc23)C[C@@H](C)N1C. The van der Waals surface area contributed by atoms with Crippen LogP contribution in [0, 0.1) is 11.7 Å². The van der Waals surface area contributed by atoms with Crippen molar-refractivity contribution in [3.05, 3.63) is 48.0 Å². The number of amides is 1. The van der Waals surface area contributed by atoms with Gasteiger partial charge in [0.1, 0.15) is 5.52 Å². The molecule has 10 nitrogen and oxygen atoms in total. The second-order valence-electron chi connectivity index (χ2n) is 11.0. The van der Waals surface area contributed by atoms with Crippen molar-refractivity contribution in [1.29, 1.82) is 0 Å². The Kier molecular flexibility index (Phi) is 7.01. The minimum absolute atomic E-state index is 0.216. The van der Waals surface area contributed by atoms with Gasteiger partial charge in [0.25, 0.3) is 5.91 Å². The van der Waals surface area contributed by atoms with Gasteiger partial charge in [-0.25, -0.2) is 9.37 Å². The van der Waals surface area contributed by atoms with E-state index in [4.69, 9.17) is 14.5 Å². The lowest BCUT2D eigenvalue weighted by Crippen LogP contribution is -2.55. The Morgan fingerprint density at radius 3 is 2.73 bits per heavy atom. The summed E-state index contributed by atoms with van der Waals surface area (Å²) >= 11 is 0. The Labute approximate surface area is 232 Å². The van der Waals surface area contributed by atoms with Gasteiger partial charge in [-0.15, -0.1) is 0 Å². The van der Waals surface area contributed by atoms with Crippen LogP contribution in [0.25, 0.3) is 21.8 Å². The molecular formula is C29H34FN7O3. The van der Waals surface area contributed by atoms with E-state index in [1.54, 1.807) is 36.3 Å². The zero-order valence-corrected chi connectivity index (χ0v) is 23.2. The molecule has 2 fully saturated rings. The summed E-state index contributed by atoms with van der Waals surface area (Å²) in [5, 5.41) is 8.36.